The van der Waals surface area contributed by atoms with E-state index in [0.29, 0.717) is 11.5 Å². The Kier molecular flexibility index (Phi) is 3.67. The van der Waals surface area contributed by atoms with Crippen LogP contribution in [-0.2, 0) is 9.59 Å². The van der Waals surface area contributed by atoms with Gasteiger partial charge in [0.05, 0.1) is 6.04 Å². The first-order valence-electron chi connectivity index (χ1n) is 5.34. The van der Waals surface area contributed by atoms with Gasteiger partial charge < -0.3 is 16.0 Å². The van der Waals surface area contributed by atoms with Gasteiger partial charge in [0.1, 0.15) is 0 Å². The Labute approximate surface area is 94.0 Å². The van der Waals surface area contributed by atoms with Crippen molar-refractivity contribution < 1.29 is 19.9 Å². The molecule has 1 fully saturated rings. The van der Waals surface area contributed by atoms with Crippen LogP contribution in [0.15, 0.2) is 0 Å². The summed E-state index contributed by atoms with van der Waals surface area (Å²) in [6.45, 7) is 3.67. The van der Waals surface area contributed by atoms with Gasteiger partial charge in [-0.25, -0.2) is 4.79 Å². The summed E-state index contributed by atoms with van der Waals surface area (Å²) >= 11 is 0. The fraction of sp³-hybridized carbons (Fsp3) is 0.800. The summed E-state index contributed by atoms with van der Waals surface area (Å²) in [5, 5.41) is 19.4. The molecule has 6 nitrogen and oxygen atoms in total. The predicted molar refractivity (Wildman–Crippen MR) is 55.9 cm³/mol. The van der Waals surface area contributed by atoms with Crippen LogP contribution in [0.25, 0.3) is 0 Å². The minimum Gasteiger partial charge on any atom is -0.479 e. The molecule has 0 saturated carbocycles. The zero-order chi connectivity index (χ0) is 12.5. The molecule has 0 aliphatic carbocycles. The van der Waals surface area contributed by atoms with E-state index in [2.05, 4.69) is 0 Å². The molecule has 0 radical (unpaired) electrons. The second kappa shape index (κ2) is 4.48. The van der Waals surface area contributed by atoms with Crippen molar-refractivity contribution in [3.8, 4) is 0 Å². The number of hydrogen-bond acceptors (Lipinski definition) is 5. The Hall–Kier alpha value is -0.980. The van der Waals surface area contributed by atoms with Crippen LogP contribution >= 0.6 is 0 Å². The molecule has 2 atom stereocenters. The van der Waals surface area contributed by atoms with Gasteiger partial charge in [-0.2, -0.15) is 5.06 Å². The largest absolute Gasteiger partial charge is 0.479 e. The first-order valence-corrected chi connectivity index (χ1v) is 5.34. The van der Waals surface area contributed by atoms with Crippen LogP contribution < -0.4 is 5.73 Å². The Morgan fingerprint density at radius 3 is 2.31 bits per heavy atom. The number of hydrogen-bond donors (Lipinski definition) is 3. The van der Waals surface area contributed by atoms with E-state index in [1.54, 1.807) is 13.8 Å². The van der Waals surface area contributed by atoms with Gasteiger partial charge >= 0.3 is 5.97 Å². The molecule has 6 heteroatoms. The molecule has 0 aromatic heterocycles. The van der Waals surface area contributed by atoms with Crippen LogP contribution in [0.3, 0.4) is 0 Å². The lowest BCUT2D eigenvalue weighted by atomic mass is 9.84. The van der Waals surface area contributed by atoms with Gasteiger partial charge in [0.15, 0.2) is 5.78 Å². The van der Waals surface area contributed by atoms with Gasteiger partial charge in [0.25, 0.3) is 0 Å². The Bertz CT molecular complexity index is 305. The van der Waals surface area contributed by atoms with Crippen LogP contribution in [0.4, 0.5) is 0 Å². The fourth-order valence-corrected chi connectivity index (χ4v) is 1.96. The summed E-state index contributed by atoms with van der Waals surface area (Å²) in [4.78, 5) is 23.3. The van der Waals surface area contributed by atoms with Crippen molar-refractivity contribution >= 4 is 11.8 Å². The van der Waals surface area contributed by atoms with Crippen molar-refractivity contribution in [1.29, 1.82) is 0 Å². The minimum atomic E-state index is -1.84. The number of aliphatic carboxylic acids is 1. The molecule has 0 aromatic carbocycles. The molecule has 16 heavy (non-hydrogen) atoms. The monoisotopic (exact) mass is 230 g/mol. The van der Waals surface area contributed by atoms with Crippen LogP contribution in [0.2, 0.25) is 0 Å². The van der Waals surface area contributed by atoms with E-state index in [9.17, 15) is 14.8 Å². The summed E-state index contributed by atoms with van der Waals surface area (Å²) in [5.74, 6) is -2.10. The van der Waals surface area contributed by atoms with E-state index in [4.69, 9.17) is 10.8 Å². The van der Waals surface area contributed by atoms with Crippen molar-refractivity contribution in [2.45, 2.75) is 38.3 Å². The first-order chi connectivity index (χ1) is 7.34. The van der Waals surface area contributed by atoms with Crippen molar-refractivity contribution in [2.75, 3.05) is 6.54 Å². The summed E-state index contributed by atoms with van der Waals surface area (Å²) in [5.41, 5.74) is 3.83. The highest BCUT2D eigenvalue weighted by molar-refractivity contribution is 6.10. The SMILES string of the molecule is CC(C)[C@H](N)C(=O)[C@@]1(C(=O)O)CCCN1O. The Morgan fingerprint density at radius 1 is 1.44 bits per heavy atom. The van der Waals surface area contributed by atoms with Crippen molar-refractivity contribution in [2.24, 2.45) is 11.7 Å². The van der Waals surface area contributed by atoms with Crippen molar-refractivity contribution in [1.82, 2.24) is 5.06 Å². The molecule has 0 spiro atoms. The van der Waals surface area contributed by atoms with Gasteiger partial charge in [0.2, 0.25) is 5.54 Å². The third kappa shape index (κ3) is 1.83. The molecule has 1 aliphatic heterocycles. The van der Waals surface area contributed by atoms with E-state index in [-0.39, 0.29) is 18.9 Å². The number of Topliss-reactive ketones (excluding diaryl/α,β-unsaturated/α-hetero) is 1. The molecular formula is C10H18N2O4. The van der Waals surface area contributed by atoms with Gasteiger partial charge in [-0.05, 0) is 18.8 Å². The van der Waals surface area contributed by atoms with E-state index in [1.807, 2.05) is 0 Å². The zero-order valence-corrected chi connectivity index (χ0v) is 9.51. The second-order valence-corrected chi connectivity index (χ2v) is 4.53. The van der Waals surface area contributed by atoms with Gasteiger partial charge in [-0.15, -0.1) is 0 Å². The molecule has 1 rings (SSSR count). The molecular weight excluding hydrogens is 212 g/mol. The number of hydroxylamine groups is 2. The lowest BCUT2D eigenvalue weighted by Crippen LogP contribution is -2.61. The average molecular weight is 230 g/mol. The number of nitrogens with two attached hydrogens (primary N) is 1. The maximum atomic E-state index is 12.1. The summed E-state index contributed by atoms with van der Waals surface area (Å²) in [6, 6.07) is -0.871. The lowest BCUT2D eigenvalue weighted by Gasteiger charge is -2.31. The van der Waals surface area contributed by atoms with Gasteiger partial charge in [0, 0.05) is 6.54 Å². The molecule has 0 unspecified atom stereocenters. The van der Waals surface area contributed by atoms with Gasteiger partial charge in [-0.1, -0.05) is 13.8 Å². The predicted octanol–water partition coefficient (Wildman–Crippen LogP) is -0.153. The van der Waals surface area contributed by atoms with Crippen LogP contribution in [0, 0.1) is 5.92 Å². The number of carbonyl (C=O) groups is 2. The third-order valence-electron chi connectivity index (χ3n) is 3.13. The van der Waals surface area contributed by atoms with Crippen LogP contribution in [0.1, 0.15) is 26.7 Å². The molecule has 0 amide bonds. The van der Waals surface area contributed by atoms with Crippen molar-refractivity contribution in [3.63, 3.8) is 0 Å². The molecule has 1 heterocycles. The number of carbonyl (C=O) groups excluding carboxylic acids is 1. The highest BCUT2D eigenvalue weighted by atomic mass is 16.5. The quantitative estimate of drug-likeness (QED) is 0.580. The van der Waals surface area contributed by atoms with E-state index < -0.39 is 23.3 Å². The molecule has 92 valence electrons. The smallest absolute Gasteiger partial charge is 0.334 e. The number of carboxylic acids is 1. The zero-order valence-electron chi connectivity index (χ0n) is 9.51. The number of rotatable bonds is 4. The topological polar surface area (TPSA) is 104 Å². The highest BCUT2D eigenvalue weighted by Crippen LogP contribution is 2.30. The third-order valence-corrected chi connectivity index (χ3v) is 3.13. The molecule has 4 N–H and O–H groups in total. The number of nitrogens with zero attached hydrogens (tertiary/aromatic N) is 1. The van der Waals surface area contributed by atoms with E-state index in [0.717, 1.165) is 0 Å². The average Bonchev–Trinajstić information content (AvgIpc) is 2.58. The molecule has 1 saturated heterocycles. The van der Waals surface area contributed by atoms with E-state index in [1.165, 1.54) is 0 Å². The highest BCUT2D eigenvalue weighted by Gasteiger charge is 2.55. The molecule has 0 bridgehead atoms. The number of carboxylic acid groups (broad SMARTS) is 1. The fourth-order valence-electron chi connectivity index (χ4n) is 1.96. The normalized spacial score (nSPS) is 28.3. The summed E-state index contributed by atoms with van der Waals surface area (Å²) in [7, 11) is 0. The van der Waals surface area contributed by atoms with Crippen molar-refractivity contribution in [3.05, 3.63) is 0 Å². The standard InChI is InChI=1S/C10H18N2O4/c1-6(2)7(11)8(13)10(9(14)15)4-3-5-12(10)16/h6-7,16H,3-5,11H2,1-2H3,(H,14,15)/t7-,10+/m0/s1. The Balaban J connectivity index is 3.04. The minimum absolute atomic E-state index is 0.109. The second-order valence-electron chi connectivity index (χ2n) is 4.53. The van der Waals surface area contributed by atoms with Gasteiger partial charge in [-0.3, -0.25) is 4.79 Å². The maximum absolute atomic E-state index is 12.1. The summed E-state index contributed by atoms with van der Waals surface area (Å²) in [6.07, 6.45) is 0.581. The maximum Gasteiger partial charge on any atom is 0.334 e. The van der Waals surface area contributed by atoms with Crippen LogP contribution in [-0.4, -0.2) is 45.3 Å². The van der Waals surface area contributed by atoms with E-state index >= 15 is 0 Å². The Morgan fingerprint density at radius 2 is 2.00 bits per heavy atom. The molecule has 0 aromatic rings. The first kappa shape index (κ1) is 13.1. The lowest BCUT2D eigenvalue weighted by molar-refractivity contribution is -0.188. The summed E-state index contributed by atoms with van der Waals surface area (Å²) < 4.78 is 0. The van der Waals surface area contributed by atoms with Crippen LogP contribution in [0.5, 0.6) is 0 Å². The molecule has 1 aliphatic rings. The number of ketones is 1.